The molecule has 0 bridgehead atoms. The van der Waals surface area contributed by atoms with Crippen LogP contribution in [0.2, 0.25) is 0 Å². The van der Waals surface area contributed by atoms with E-state index >= 15 is 0 Å². The molecule has 1 aromatic heterocycles. The van der Waals surface area contributed by atoms with Gasteiger partial charge < -0.3 is 14.5 Å². The summed E-state index contributed by atoms with van der Waals surface area (Å²) in [4.78, 5) is 33.5. The number of hydrogen-bond donors (Lipinski definition) is 0. The zero-order valence-electron chi connectivity index (χ0n) is 15.9. The molecule has 3 fully saturated rings. The minimum atomic E-state index is -0.0492. The van der Waals surface area contributed by atoms with Crippen LogP contribution in [0.5, 0.6) is 5.88 Å². The number of ether oxygens (including phenoxy) is 1. The fraction of sp³-hybridized carbons (Fsp3) is 0.667. The van der Waals surface area contributed by atoms with E-state index in [2.05, 4.69) is 4.98 Å². The number of hydrogen-bond acceptors (Lipinski definition) is 4. The van der Waals surface area contributed by atoms with Crippen LogP contribution in [0.1, 0.15) is 61.7 Å². The van der Waals surface area contributed by atoms with Crippen LogP contribution in [0.15, 0.2) is 18.3 Å². The summed E-state index contributed by atoms with van der Waals surface area (Å²) in [6.07, 6.45) is 10.6. The molecule has 1 aliphatic carbocycles. The van der Waals surface area contributed by atoms with Crippen LogP contribution in [0.4, 0.5) is 0 Å². The Balaban J connectivity index is 1.36. The third-order valence-electron chi connectivity index (χ3n) is 6.06. The first-order chi connectivity index (χ1) is 13.2. The number of nitrogens with zero attached hydrogens (tertiary/aromatic N) is 3. The molecule has 2 saturated heterocycles. The predicted octanol–water partition coefficient (Wildman–Crippen LogP) is 2.88. The summed E-state index contributed by atoms with van der Waals surface area (Å²) in [6, 6.07) is 3.50. The maximum Gasteiger partial charge on any atom is 0.254 e. The van der Waals surface area contributed by atoms with Crippen molar-refractivity contribution in [3.63, 3.8) is 0 Å². The van der Waals surface area contributed by atoms with Crippen LogP contribution in [-0.4, -0.2) is 58.9 Å². The Hall–Kier alpha value is -2.11. The summed E-state index contributed by atoms with van der Waals surface area (Å²) in [6.45, 7) is 2.91. The Morgan fingerprint density at radius 1 is 0.963 bits per heavy atom. The summed E-state index contributed by atoms with van der Waals surface area (Å²) >= 11 is 0. The third-order valence-corrected chi connectivity index (χ3v) is 6.06. The van der Waals surface area contributed by atoms with Gasteiger partial charge in [0.25, 0.3) is 5.91 Å². The monoisotopic (exact) mass is 371 g/mol. The molecule has 0 aromatic carbocycles. The molecule has 6 heteroatoms. The fourth-order valence-electron chi connectivity index (χ4n) is 4.49. The van der Waals surface area contributed by atoms with Crippen LogP contribution < -0.4 is 4.74 Å². The second-order valence-electron chi connectivity index (χ2n) is 8.03. The van der Waals surface area contributed by atoms with Crippen LogP contribution in [0.3, 0.4) is 0 Å². The highest BCUT2D eigenvalue weighted by molar-refractivity contribution is 5.95. The summed E-state index contributed by atoms with van der Waals surface area (Å²) in [5.74, 6) is 0.685. The number of carbonyl (C=O) groups is 2. The van der Waals surface area contributed by atoms with E-state index in [4.69, 9.17) is 4.74 Å². The highest BCUT2D eigenvalue weighted by atomic mass is 16.5. The van der Waals surface area contributed by atoms with Gasteiger partial charge in [0, 0.05) is 44.0 Å². The molecule has 0 radical (unpaired) electrons. The molecule has 1 unspecified atom stereocenters. The molecule has 2 amide bonds. The number of rotatable bonds is 4. The topological polar surface area (TPSA) is 62.7 Å². The van der Waals surface area contributed by atoms with Crippen LogP contribution in [0.25, 0.3) is 0 Å². The average Bonchev–Trinajstić information content (AvgIpc) is 3.40. The van der Waals surface area contributed by atoms with Gasteiger partial charge >= 0.3 is 0 Å². The molecule has 1 atom stereocenters. The van der Waals surface area contributed by atoms with E-state index in [0.717, 1.165) is 45.2 Å². The lowest BCUT2D eigenvalue weighted by molar-refractivity contribution is -0.133. The Kier molecular flexibility index (Phi) is 5.60. The van der Waals surface area contributed by atoms with Crippen molar-refractivity contribution in [3.05, 3.63) is 23.9 Å². The Bertz CT molecular complexity index is 681. The number of likely N-dealkylation sites (tertiary alicyclic amines) is 2. The van der Waals surface area contributed by atoms with E-state index in [0.29, 0.717) is 24.5 Å². The van der Waals surface area contributed by atoms with Gasteiger partial charge in [-0.15, -0.1) is 0 Å². The van der Waals surface area contributed by atoms with Crippen LogP contribution >= 0.6 is 0 Å². The van der Waals surface area contributed by atoms with E-state index in [1.165, 1.54) is 19.3 Å². The number of aromatic nitrogens is 1. The van der Waals surface area contributed by atoms with Gasteiger partial charge in [0.2, 0.25) is 11.8 Å². The quantitative estimate of drug-likeness (QED) is 0.816. The lowest BCUT2D eigenvalue weighted by Gasteiger charge is -2.23. The molecule has 2 aliphatic heterocycles. The van der Waals surface area contributed by atoms with Gasteiger partial charge in [-0.3, -0.25) is 9.59 Å². The molecule has 0 spiro atoms. The van der Waals surface area contributed by atoms with E-state index in [1.54, 1.807) is 23.2 Å². The van der Waals surface area contributed by atoms with Gasteiger partial charge in [-0.2, -0.15) is 0 Å². The van der Waals surface area contributed by atoms with Gasteiger partial charge in [-0.25, -0.2) is 4.98 Å². The van der Waals surface area contributed by atoms with E-state index in [-0.39, 0.29) is 23.8 Å². The number of carbonyl (C=O) groups excluding carboxylic acids is 2. The van der Waals surface area contributed by atoms with Gasteiger partial charge in [0.15, 0.2) is 0 Å². The largest absolute Gasteiger partial charge is 0.474 e. The first kappa shape index (κ1) is 18.3. The third kappa shape index (κ3) is 4.25. The first-order valence-electron chi connectivity index (χ1n) is 10.4. The normalized spacial score (nSPS) is 23.6. The van der Waals surface area contributed by atoms with Crippen molar-refractivity contribution >= 4 is 11.8 Å². The molecule has 3 aliphatic rings. The Morgan fingerprint density at radius 2 is 1.74 bits per heavy atom. The second kappa shape index (κ2) is 8.28. The summed E-state index contributed by atoms with van der Waals surface area (Å²) in [7, 11) is 0. The summed E-state index contributed by atoms with van der Waals surface area (Å²) in [5.41, 5.74) is 0.602. The van der Waals surface area contributed by atoms with Crippen molar-refractivity contribution in [2.45, 2.75) is 57.5 Å². The van der Waals surface area contributed by atoms with Crippen LogP contribution in [0, 0.1) is 5.92 Å². The fourth-order valence-corrected chi connectivity index (χ4v) is 4.49. The highest BCUT2D eigenvalue weighted by Crippen LogP contribution is 2.25. The van der Waals surface area contributed by atoms with Gasteiger partial charge in [-0.05, 0) is 51.0 Å². The maximum absolute atomic E-state index is 12.9. The molecule has 4 rings (SSSR count). The molecule has 0 N–H and O–H groups in total. The predicted molar refractivity (Wildman–Crippen MR) is 102 cm³/mol. The van der Waals surface area contributed by atoms with E-state index < -0.39 is 0 Å². The van der Waals surface area contributed by atoms with Crippen molar-refractivity contribution in [3.8, 4) is 5.88 Å². The molecular weight excluding hydrogens is 342 g/mol. The first-order valence-corrected chi connectivity index (χ1v) is 10.4. The summed E-state index contributed by atoms with van der Waals surface area (Å²) < 4.78 is 5.99. The van der Waals surface area contributed by atoms with Crippen molar-refractivity contribution in [1.82, 2.24) is 14.8 Å². The lowest BCUT2D eigenvalue weighted by atomic mass is 9.98. The average molecular weight is 371 g/mol. The molecule has 1 saturated carbocycles. The van der Waals surface area contributed by atoms with Crippen molar-refractivity contribution < 1.29 is 14.3 Å². The summed E-state index contributed by atoms with van der Waals surface area (Å²) in [5, 5.41) is 0. The molecule has 1 aromatic rings. The van der Waals surface area contributed by atoms with Crippen molar-refractivity contribution in [2.24, 2.45) is 5.92 Å². The molecular formula is C21H29N3O3. The minimum Gasteiger partial charge on any atom is -0.474 e. The highest BCUT2D eigenvalue weighted by Gasteiger charge is 2.34. The number of pyridine rings is 1. The van der Waals surface area contributed by atoms with E-state index in [9.17, 15) is 9.59 Å². The van der Waals surface area contributed by atoms with Crippen LogP contribution in [-0.2, 0) is 4.79 Å². The smallest absolute Gasteiger partial charge is 0.254 e. The lowest BCUT2D eigenvalue weighted by Crippen LogP contribution is -2.36. The molecule has 146 valence electrons. The van der Waals surface area contributed by atoms with Gasteiger partial charge in [0.05, 0.1) is 5.92 Å². The second-order valence-corrected chi connectivity index (χ2v) is 8.03. The molecule has 27 heavy (non-hydrogen) atoms. The Morgan fingerprint density at radius 3 is 2.52 bits per heavy atom. The zero-order valence-corrected chi connectivity index (χ0v) is 15.9. The molecule has 6 nitrogen and oxygen atoms in total. The SMILES string of the molecule is O=C(c1ccnc(OC2CCCCC2)c1)N1CCC(C(=O)N2CCCC2)C1. The molecule has 3 heterocycles. The van der Waals surface area contributed by atoms with Gasteiger partial charge in [-0.1, -0.05) is 6.42 Å². The van der Waals surface area contributed by atoms with Crippen molar-refractivity contribution in [1.29, 1.82) is 0 Å². The standard InChI is InChI=1S/C21H29N3O3/c25-20(24-13-9-17(15-24)21(26)23-11-4-5-12-23)16-8-10-22-19(14-16)27-18-6-2-1-3-7-18/h8,10,14,17-18H,1-7,9,11-13,15H2. The van der Waals surface area contributed by atoms with E-state index in [1.807, 2.05) is 4.90 Å². The van der Waals surface area contributed by atoms with Gasteiger partial charge in [0.1, 0.15) is 6.10 Å². The maximum atomic E-state index is 12.9. The Labute approximate surface area is 160 Å². The number of amides is 2. The zero-order chi connectivity index (χ0) is 18.6. The van der Waals surface area contributed by atoms with Crippen molar-refractivity contribution in [2.75, 3.05) is 26.2 Å². The minimum absolute atomic E-state index is 0.0254.